The van der Waals surface area contributed by atoms with Crippen LogP contribution in [0.1, 0.15) is 25.3 Å². The number of nitrogens with zero attached hydrogens (tertiary/aromatic N) is 4. The summed E-state index contributed by atoms with van der Waals surface area (Å²) in [6.07, 6.45) is 6.09. The maximum Gasteiger partial charge on any atom is 0.230 e. The molecule has 1 saturated carbocycles. The minimum Gasteiger partial charge on any atom is -0.352 e. The normalized spacial score (nSPS) is 21.6. The Morgan fingerprint density at radius 3 is 2.65 bits per heavy atom. The number of rotatable bonds is 6. The molecule has 0 unspecified atom stereocenters. The molecule has 3 heterocycles. The SMILES string of the molecule is O=C(CSc1nnc(-c2ccncc2)n1C1CC1)N[C@@H]1CCS(=O)(=O)C1. The Labute approximate surface area is 155 Å². The van der Waals surface area contributed by atoms with Gasteiger partial charge in [-0.3, -0.25) is 14.3 Å². The average molecular weight is 393 g/mol. The first-order chi connectivity index (χ1) is 12.5. The summed E-state index contributed by atoms with van der Waals surface area (Å²) >= 11 is 1.33. The highest BCUT2D eigenvalue weighted by Crippen LogP contribution is 2.40. The molecule has 0 radical (unpaired) electrons. The van der Waals surface area contributed by atoms with Crippen LogP contribution in [0.5, 0.6) is 0 Å². The predicted octanol–water partition coefficient (Wildman–Crippen LogP) is 1.07. The van der Waals surface area contributed by atoms with E-state index in [2.05, 4.69) is 25.1 Å². The van der Waals surface area contributed by atoms with E-state index >= 15 is 0 Å². The molecule has 0 aromatic carbocycles. The van der Waals surface area contributed by atoms with Crippen molar-refractivity contribution < 1.29 is 13.2 Å². The maximum absolute atomic E-state index is 12.2. The minimum absolute atomic E-state index is 0.0356. The van der Waals surface area contributed by atoms with Gasteiger partial charge in [0.1, 0.15) is 0 Å². The summed E-state index contributed by atoms with van der Waals surface area (Å²) in [7, 11) is -3.00. The van der Waals surface area contributed by atoms with E-state index in [-0.39, 0.29) is 29.2 Å². The number of hydrogen-bond acceptors (Lipinski definition) is 7. The zero-order valence-electron chi connectivity index (χ0n) is 14.0. The molecule has 1 saturated heterocycles. The number of aromatic nitrogens is 4. The average Bonchev–Trinajstić information content (AvgIpc) is 3.28. The van der Waals surface area contributed by atoms with Gasteiger partial charge in [0, 0.05) is 30.0 Å². The van der Waals surface area contributed by atoms with Crippen LogP contribution in [0, 0.1) is 0 Å². The molecule has 2 fully saturated rings. The maximum atomic E-state index is 12.2. The molecule has 0 bridgehead atoms. The molecule has 1 amide bonds. The van der Waals surface area contributed by atoms with E-state index in [0.29, 0.717) is 17.6 Å². The van der Waals surface area contributed by atoms with Gasteiger partial charge in [-0.05, 0) is 31.4 Å². The molecule has 138 valence electrons. The molecule has 8 nitrogen and oxygen atoms in total. The largest absolute Gasteiger partial charge is 0.352 e. The van der Waals surface area contributed by atoms with Gasteiger partial charge in [-0.25, -0.2) is 8.42 Å². The number of hydrogen-bond donors (Lipinski definition) is 1. The van der Waals surface area contributed by atoms with Crippen molar-refractivity contribution in [1.82, 2.24) is 25.1 Å². The van der Waals surface area contributed by atoms with Crippen molar-refractivity contribution in [1.29, 1.82) is 0 Å². The van der Waals surface area contributed by atoms with Crippen LogP contribution in [0.15, 0.2) is 29.7 Å². The van der Waals surface area contributed by atoms with E-state index in [4.69, 9.17) is 0 Å². The number of thioether (sulfide) groups is 1. The molecule has 10 heteroatoms. The Morgan fingerprint density at radius 2 is 2.00 bits per heavy atom. The number of pyridine rings is 1. The molecule has 1 aliphatic heterocycles. The number of carbonyl (C=O) groups is 1. The molecule has 1 atom stereocenters. The summed E-state index contributed by atoms with van der Waals surface area (Å²) in [5.41, 5.74) is 0.951. The predicted molar refractivity (Wildman–Crippen MR) is 97.4 cm³/mol. The van der Waals surface area contributed by atoms with E-state index < -0.39 is 9.84 Å². The fourth-order valence-electron chi connectivity index (χ4n) is 3.04. The van der Waals surface area contributed by atoms with Gasteiger partial charge >= 0.3 is 0 Å². The van der Waals surface area contributed by atoms with E-state index in [1.807, 2.05) is 12.1 Å². The molecule has 2 aliphatic rings. The van der Waals surface area contributed by atoms with E-state index in [9.17, 15) is 13.2 Å². The molecule has 1 aliphatic carbocycles. The van der Waals surface area contributed by atoms with Crippen molar-refractivity contribution in [2.24, 2.45) is 0 Å². The van der Waals surface area contributed by atoms with E-state index in [0.717, 1.165) is 24.2 Å². The standard InChI is InChI=1S/C16H19N5O3S2/c22-14(18-12-5-8-26(23,24)10-12)9-25-16-20-19-15(21(16)13-1-2-13)11-3-6-17-7-4-11/h3-4,6-7,12-13H,1-2,5,8-10H2,(H,18,22)/t12-/m1/s1. The van der Waals surface area contributed by atoms with Gasteiger partial charge in [0.25, 0.3) is 0 Å². The van der Waals surface area contributed by atoms with E-state index in [1.54, 1.807) is 12.4 Å². The summed E-state index contributed by atoms with van der Waals surface area (Å²) in [6.45, 7) is 0. The molecular weight excluding hydrogens is 374 g/mol. The first kappa shape index (κ1) is 17.5. The third-order valence-electron chi connectivity index (χ3n) is 4.44. The van der Waals surface area contributed by atoms with Crippen molar-refractivity contribution in [3.05, 3.63) is 24.5 Å². The van der Waals surface area contributed by atoms with Gasteiger partial charge in [0.15, 0.2) is 20.8 Å². The Bertz CT molecular complexity index is 909. The van der Waals surface area contributed by atoms with Gasteiger partial charge < -0.3 is 5.32 Å². The lowest BCUT2D eigenvalue weighted by molar-refractivity contribution is -0.119. The van der Waals surface area contributed by atoms with Crippen molar-refractivity contribution >= 4 is 27.5 Å². The van der Waals surface area contributed by atoms with Crippen LogP contribution in [0.3, 0.4) is 0 Å². The van der Waals surface area contributed by atoms with Crippen LogP contribution < -0.4 is 5.32 Å². The van der Waals surface area contributed by atoms with Gasteiger partial charge in [-0.1, -0.05) is 11.8 Å². The van der Waals surface area contributed by atoms with Crippen LogP contribution in [0.2, 0.25) is 0 Å². The lowest BCUT2D eigenvalue weighted by atomic mass is 10.2. The Morgan fingerprint density at radius 1 is 1.23 bits per heavy atom. The van der Waals surface area contributed by atoms with E-state index in [1.165, 1.54) is 11.8 Å². The molecule has 26 heavy (non-hydrogen) atoms. The number of sulfone groups is 1. The van der Waals surface area contributed by atoms with Crippen LogP contribution in [0.4, 0.5) is 0 Å². The second-order valence-corrected chi connectivity index (χ2v) is 9.77. The highest BCUT2D eigenvalue weighted by atomic mass is 32.2. The van der Waals surface area contributed by atoms with Gasteiger partial charge in [-0.15, -0.1) is 10.2 Å². The Kier molecular flexibility index (Phi) is 4.70. The fraction of sp³-hybridized carbons (Fsp3) is 0.500. The lowest BCUT2D eigenvalue weighted by Gasteiger charge is -2.11. The molecular formula is C16H19N5O3S2. The second kappa shape index (κ2) is 6.99. The quantitative estimate of drug-likeness (QED) is 0.732. The smallest absolute Gasteiger partial charge is 0.230 e. The first-order valence-corrected chi connectivity index (χ1v) is 11.3. The van der Waals surface area contributed by atoms with Crippen LogP contribution in [-0.2, 0) is 14.6 Å². The molecule has 2 aromatic heterocycles. The second-order valence-electron chi connectivity index (χ2n) is 6.60. The molecule has 1 N–H and O–H groups in total. The number of amides is 1. The summed E-state index contributed by atoms with van der Waals surface area (Å²) < 4.78 is 25.1. The Hall–Kier alpha value is -1.94. The molecule has 2 aromatic rings. The van der Waals surface area contributed by atoms with Crippen LogP contribution >= 0.6 is 11.8 Å². The van der Waals surface area contributed by atoms with Crippen molar-refractivity contribution in [3.63, 3.8) is 0 Å². The van der Waals surface area contributed by atoms with Crippen molar-refractivity contribution in [3.8, 4) is 11.4 Å². The van der Waals surface area contributed by atoms with Crippen LogP contribution in [-0.4, -0.2) is 57.4 Å². The zero-order chi connectivity index (χ0) is 18.1. The third-order valence-corrected chi connectivity index (χ3v) is 7.16. The third kappa shape index (κ3) is 3.90. The van der Waals surface area contributed by atoms with Crippen molar-refractivity contribution in [2.75, 3.05) is 17.3 Å². The highest BCUT2D eigenvalue weighted by molar-refractivity contribution is 7.99. The number of carbonyl (C=O) groups excluding carboxylic acids is 1. The summed E-state index contributed by atoms with van der Waals surface area (Å²) in [5.74, 6) is 0.995. The van der Waals surface area contributed by atoms with Gasteiger partial charge in [0.2, 0.25) is 5.91 Å². The fourth-order valence-corrected chi connectivity index (χ4v) is 5.53. The molecule has 0 spiro atoms. The van der Waals surface area contributed by atoms with Gasteiger partial charge in [0.05, 0.1) is 17.3 Å². The molecule has 4 rings (SSSR count). The first-order valence-electron chi connectivity index (χ1n) is 8.50. The summed E-state index contributed by atoms with van der Waals surface area (Å²) in [4.78, 5) is 16.2. The lowest BCUT2D eigenvalue weighted by Crippen LogP contribution is -2.36. The topological polar surface area (TPSA) is 107 Å². The zero-order valence-corrected chi connectivity index (χ0v) is 15.7. The minimum atomic E-state index is -3.00. The highest BCUT2D eigenvalue weighted by Gasteiger charge is 2.31. The summed E-state index contributed by atoms with van der Waals surface area (Å²) in [6, 6.07) is 3.88. The van der Waals surface area contributed by atoms with Crippen molar-refractivity contribution in [2.45, 2.75) is 36.5 Å². The summed E-state index contributed by atoms with van der Waals surface area (Å²) in [5, 5.41) is 12.1. The number of nitrogens with one attached hydrogen (secondary N) is 1. The van der Waals surface area contributed by atoms with Crippen LogP contribution in [0.25, 0.3) is 11.4 Å². The monoisotopic (exact) mass is 393 g/mol. The Balaban J connectivity index is 1.42. The van der Waals surface area contributed by atoms with Gasteiger partial charge in [-0.2, -0.15) is 0 Å².